The molecule has 0 saturated carbocycles. The Hall–Kier alpha value is -1.90. The van der Waals surface area contributed by atoms with Crippen LogP contribution in [-0.4, -0.2) is 23.8 Å². The van der Waals surface area contributed by atoms with Crippen molar-refractivity contribution in [2.45, 2.75) is 61.3 Å². The Bertz CT molecular complexity index is 526. The van der Waals surface area contributed by atoms with Gasteiger partial charge in [-0.3, -0.25) is 9.79 Å². The van der Waals surface area contributed by atoms with Crippen molar-refractivity contribution < 1.29 is 9.90 Å². The van der Waals surface area contributed by atoms with Crippen LogP contribution >= 0.6 is 0 Å². The number of allylic oxidation sites excluding steroid dienone is 6. The molecule has 0 aromatic carbocycles. The number of carboxylic acids is 1. The fraction of sp³-hybridized carbons (Fsp3) is 0.524. The summed E-state index contributed by atoms with van der Waals surface area (Å²) in [5, 5.41) is 9.15. The fourth-order valence-electron chi connectivity index (χ4n) is 1.67. The molecule has 0 aromatic heterocycles. The standard InChI is InChI=1S/C19H29NO2.C2H6/c1-8-15(9-2)12-16(14(3)4)13-17(20-7)10-11-19(5,6)18(21)22;1-2/h10-13H,3,8-9H2,1-2,4-7H3,(H,21,22);1-2H3/b11-10+,16-13-,20-17?;. The van der Waals surface area contributed by atoms with Crippen molar-refractivity contribution in [3.63, 3.8) is 0 Å². The van der Waals surface area contributed by atoms with Crippen LogP contribution in [0.5, 0.6) is 0 Å². The lowest BCUT2D eigenvalue weighted by atomic mass is 9.92. The van der Waals surface area contributed by atoms with Gasteiger partial charge in [-0.15, -0.1) is 0 Å². The van der Waals surface area contributed by atoms with Gasteiger partial charge in [0.2, 0.25) is 0 Å². The van der Waals surface area contributed by atoms with Gasteiger partial charge in [0.1, 0.15) is 0 Å². The first-order valence-corrected chi connectivity index (χ1v) is 8.64. The number of carboxylic acid groups (broad SMARTS) is 1. The number of aliphatic carboxylic acids is 1. The maximum atomic E-state index is 11.1. The Balaban J connectivity index is 0. The highest BCUT2D eigenvalue weighted by Crippen LogP contribution is 2.19. The van der Waals surface area contributed by atoms with Gasteiger partial charge in [-0.2, -0.15) is 0 Å². The second kappa shape index (κ2) is 12.5. The van der Waals surface area contributed by atoms with Gasteiger partial charge in [-0.05, 0) is 51.3 Å². The van der Waals surface area contributed by atoms with Crippen LogP contribution in [0.3, 0.4) is 0 Å². The normalized spacial score (nSPS) is 12.5. The zero-order chi connectivity index (χ0) is 19.3. The minimum atomic E-state index is -0.916. The molecule has 0 atom stereocenters. The number of nitrogens with zero attached hydrogens (tertiary/aromatic N) is 1. The Labute approximate surface area is 148 Å². The van der Waals surface area contributed by atoms with Crippen LogP contribution in [0.2, 0.25) is 0 Å². The molecule has 24 heavy (non-hydrogen) atoms. The highest BCUT2D eigenvalue weighted by Gasteiger charge is 2.23. The number of hydrogen-bond donors (Lipinski definition) is 1. The van der Waals surface area contributed by atoms with E-state index in [0.717, 1.165) is 29.7 Å². The van der Waals surface area contributed by atoms with Crippen LogP contribution < -0.4 is 0 Å². The van der Waals surface area contributed by atoms with E-state index in [1.165, 1.54) is 5.57 Å². The highest BCUT2D eigenvalue weighted by molar-refractivity contribution is 6.05. The minimum Gasteiger partial charge on any atom is -0.481 e. The summed E-state index contributed by atoms with van der Waals surface area (Å²) in [6.07, 6.45) is 9.51. The van der Waals surface area contributed by atoms with Gasteiger partial charge in [0.15, 0.2) is 0 Å². The quantitative estimate of drug-likeness (QED) is 0.437. The second-order valence-electron chi connectivity index (χ2n) is 5.90. The second-order valence-corrected chi connectivity index (χ2v) is 5.90. The summed E-state index contributed by atoms with van der Waals surface area (Å²) in [6.45, 7) is 17.6. The van der Waals surface area contributed by atoms with Crippen LogP contribution in [0.1, 0.15) is 61.3 Å². The molecule has 0 heterocycles. The van der Waals surface area contributed by atoms with E-state index >= 15 is 0 Å². The lowest BCUT2D eigenvalue weighted by Gasteiger charge is -2.13. The van der Waals surface area contributed by atoms with Crippen molar-refractivity contribution in [2.75, 3.05) is 7.05 Å². The monoisotopic (exact) mass is 333 g/mol. The van der Waals surface area contributed by atoms with Crippen LogP contribution in [0.15, 0.2) is 52.6 Å². The molecule has 0 fully saturated rings. The van der Waals surface area contributed by atoms with Crippen molar-refractivity contribution in [3.05, 3.63) is 47.6 Å². The molecule has 1 N–H and O–H groups in total. The lowest BCUT2D eigenvalue weighted by molar-refractivity contribution is -0.144. The predicted molar refractivity (Wildman–Crippen MR) is 107 cm³/mol. The van der Waals surface area contributed by atoms with Gasteiger partial charge in [0.05, 0.1) is 11.1 Å². The van der Waals surface area contributed by atoms with Crippen molar-refractivity contribution in [1.82, 2.24) is 0 Å². The average molecular weight is 334 g/mol. The van der Waals surface area contributed by atoms with E-state index in [-0.39, 0.29) is 0 Å². The summed E-state index contributed by atoms with van der Waals surface area (Å²) in [6, 6.07) is 0. The largest absolute Gasteiger partial charge is 0.481 e. The summed E-state index contributed by atoms with van der Waals surface area (Å²) >= 11 is 0. The molecule has 3 heteroatoms. The average Bonchev–Trinajstić information content (AvgIpc) is 2.55. The third-order valence-corrected chi connectivity index (χ3v) is 3.54. The Kier molecular flexibility index (Phi) is 12.7. The van der Waals surface area contributed by atoms with E-state index in [1.807, 2.05) is 26.8 Å². The summed E-state index contributed by atoms with van der Waals surface area (Å²) < 4.78 is 0. The van der Waals surface area contributed by atoms with Crippen molar-refractivity contribution >= 4 is 11.7 Å². The van der Waals surface area contributed by atoms with Gasteiger partial charge in [-0.1, -0.05) is 57.6 Å². The molecule has 0 bridgehead atoms. The van der Waals surface area contributed by atoms with E-state index in [9.17, 15) is 4.79 Å². The van der Waals surface area contributed by atoms with Gasteiger partial charge in [0, 0.05) is 7.05 Å². The first kappa shape index (κ1) is 24.4. The highest BCUT2D eigenvalue weighted by atomic mass is 16.4. The van der Waals surface area contributed by atoms with Gasteiger partial charge in [-0.25, -0.2) is 0 Å². The van der Waals surface area contributed by atoms with Gasteiger partial charge >= 0.3 is 5.97 Å². The SMILES string of the molecule is C=C(C)/C(C=C(CC)CC)=C\C(/C=C/C(C)(C)C(=O)O)=NC.CC. The van der Waals surface area contributed by atoms with Crippen LogP contribution in [0.25, 0.3) is 0 Å². The summed E-state index contributed by atoms with van der Waals surface area (Å²) in [5.74, 6) is -0.859. The van der Waals surface area contributed by atoms with E-state index < -0.39 is 11.4 Å². The van der Waals surface area contributed by atoms with E-state index in [4.69, 9.17) is 5.11 Å². The fourth-order valence-corrected chi connectivity index (χ4v) is 1.67. The molecule has 136 valence electrons. The predicted octanol–water partition coefficient (Wildman–Crippen LogP) is 6.00. The Morgan fingerprint density at radius 2 is 1.67 bits per heavy atom. The van der Waals surface area contributed by atoms with Crippen molar-refractivity contribution in [2.24, 2.45) is 10.4 Å². The van der Waals surface area contributed by atoms with Gasteiger partial charge < -0.3 is 5.11 Å². The molecule has 0 unspecified atom stereocenters. The van der Waals surface area contributed by atoms with Crippen LogP contribution in [0.4, 0.5) is 0 Å². The molecular weight excluding hydrogens is 298 g/mol. The van der Waals surface area contributed by atoms with E-state index in [0.29, 0.717) is 0 Å². The summed E-state index contributed by atoms with van der Waals surface area (Å²) in [5.41, 5.74) is 3.15. The Morgan fingerprint density at radius 1 is 1.17 bits per heavy atom. The number of rotatable bonds is 8. The smallest absolute Gasteiger partial charge is 0.312 e. The zero-order valence-corrected chi connectivity index (χ0v) is 16.7. The number of carbonyl (C=O) groups is 1. The summed E-state index contributed by atoms with van der Waals surface area (Å²) in [4.78, 5) is 15.4. The van der Waals surface area contributed by atoms with Crippen molar-refractivity contribution in [1.29, 1.82) is 0 Å². The lowest BCUT2D eigenvalue weighted by Crippen LogP contribution is -2.20. The molecule has 3 nitrogen and oxygen atoms in total. The number of hydrogen-bond acceptors (Lipinski definition) is 2. The molecule has 0 aliphatic carbocycles. The maximum Gasteiger partial charge on any atom is 0.312 e. The van der Waals surface area contributed by atoms with Gasteiger partial charge in [0.25, 0.3) is 0 Å². The minimum absolute atomic E-state index is 0.732. The molecule has 0 radical (unpaired) electrons. The molecule has 0 aliphatic rings. The molecular formula is C21H35NO2. The third kappa shape index (κ3) is 9.29. The van der Waals surface area contributed by atoms with Crippen molar-refractivity contribution in [3.8, 4) is 0 Å². The van der Waals surface area contributed by atoms with Crippen LogP contribution in [0, 0.1) is 5.41 Å². The third-order valence-electron chi connectivity index (χ3n) is 3.54. The van der Waals surface area contributed by atoms with E-state index in [1.54, 1.807) is 33.0 Å². The first-order valence-electron chi connectivity index (χ1n) is 8.64. The molecule has 0 aliphatic heterocycles. The molecule has 0 aromatic rings. The first-order chi connectivity index (χ1) is 11.2. The topological polar surface area (TPSA) is 49.7 Å². The summed E-state index contributed by atoms with van der Waals surface area (Å²) in [7, 11) is 1.70. The molecule has 0 spiro atoms. The Morgan fingerprint density at radius 3 is 2.00 bits per heavy atom. The number of aliphatic imine (C=N–C) groups is 1. The maximum absolute atomic E-state index is 11.1. The van der Waals surface area contributed by atoms with E-state index in [2.05, 4.69) is 31.5 Å². The molecule has 0 amide bonds. The van der Waals surface area contributed by atoms with Crippen LogP contribution in [-0.2, 0) is 4.79 Å². The molecule has 0 rings (SSSR count). The zero-order valence-electron chi connectivity index (χ0n) is 16.7. The molecule has 0 saturated heterocycles.